The normalized spacial score (nSPS) is 11.7. The molecule has 188 valence electrons. The van der Waals surface area contributed by atoms with Crippen LogP contribution in [0.25, 0.3) is 12.0 Å². The predicted octanol–water partition coefficient (Wildman–Crippen LogP) is 2.30. The van der Waals surface area contributed by atoms with Crippen molar-refractivity contribution in [3.63, 3.8) is 0 Å². The van der Waals surface area contributed by atoms with Crippen molar-refractivity contribution in [2.75, 3.05) is 19.0 Å². The minimum Gasteiger partial charge on any atom is -0.497 e. The predicted molar refractivity (Wildman–Crippen MR) is 133 cm³/mol. The van der Waals surface area contributed by atoms with Gasteiger partial charge in [-0.15, -0.1) is 0 Å². The van der Waals surface area contributed by atoms with Gasteiger partial charge in [-0.2, -0.15) is 9.78 Å². The summed E-state index contributed by atoms with van der Waals surface area (Å²) >= 11 is 0. The van der Waals surface area contributed by atoms with E-state index in [1.807, 2.05) is 19.9 Å². The summed E-state index contributed by atoms with van der Waals surface area (Å²) in [6.45, 7) is 6.36. The fourth-order valence-corrected chi connectivity index (χ4v) is 3.19. The lowest BCUT2D eigenvalue weighted by molar-refractivity contribution is -0.149. The molecule has 11 heteroatoms. The van der Waals surface area contributed by atoms with E-state index in [0.717, 1.165) is 17.0 Å². The molecule has 11 nitrogen and oxygen atoms in total. The van der Waals surface area contributed by atoms with Crippen LogP contribution in [0.2, 0.25) is 0 Å². The van der Waals surface area contributed by atoms with Crippen LogP contribution >= 0.6 is 0 Å². The molecule has 1 aromatic carbocycles. The first kappa shape index (κ1) is 26.1. The first-order valence-corrected chi connectivity index (χ1v) is 11.1. The second kappa shape index (κ2) is 11.7. The first-order chi connectivity index (χ1) is 17.1. The number of benzene rings is 1. The summed E-state index contributed by atoms with van der Waals surface area (Å²) < 4.78 is 11.6. The van der Waals surface area contributed by atoms with Crippen molar-refractivity contribution in [2.24, 2.45) is 0 Å². The van der Waals surface area contributed by atoms with Gasteiger partial charge in [0.15, 0.2) is 6.61 Å². The molecule has 1 unspecified atom stereocenters. The van der Waals surface area contributed by atoms with Crippen LogP contribution in [0, 0.1) is 20.8 Å². The number of methoxy groups -OCH3 is 1. The van der Waals surface area contributed by atoms with Gasteiger partial charge in [-0.25, -0.2) is 14.8 Å². The number of ether oxygens (including phenoxy) is 2. The number of carbonyl (C=O) groups is 3. The molecular weight excluding hydrogens is 464 g/mol. The van der Waals surface area contributed by atoms with E-state index in [-0.39, 0.29) is 0 Å². The average Bonchev–Trinajstić information content (AvgIpc) is 3.20. The Bertz CT molecular complexity index is 1260. The monoisotopic (exact) mass is 492 g/mol. The highest BCUT2D eigenvalue weighted by atomic mass is 16.5. The summed E-state index contributed by atoms with van der Waals surface area (Å²) in [5.41, 5.74) is 2.95. The lowest BCUT2D eigenvalue weighted by Gasteiger charge is -2.12. The van der Waals surface area contributed by atoms with Crippen molar-refractivity contribution in [2.45, 2.75) is 33.7 Å². The van der Waals surface area contributed by atoms with Crippen LogP contribution in [0.3, 0.4) is 0 Å². The van der Waals surface area contributed by atoms with E-state index in [9.17, 15) is 14.4 Å². The van der Waals surface area contributed by atoms with Crippen molar-refractivity contribution in [1.29, 1.82) is 0 Å². The number of esters is 1. The Kier molecular flexibility index (Phi) is 8.50. The van der Waals surface area contributed by atoms with Crippen LogP contribution in [0.1, 0.15) is 29.6 Å². The van der Waals surface area contributed by atoms with E-state index in [4.69, 9.17) is 9.47 Å². The number of carbonyl (C=O) groups excluding carboxylic acids is 3. The number of aromatic nitrogens is 4. The van der Waals surface area contributed by atoms with Crippen LogP contribution in [-0.2, 0) is 19.1 Å². The maximum atomic E-state index is 12.4. The Morgan fingerprint density at radius 1 is 1.03 bits per heavy atom. The molecule has 0 aliphatic rings. The molecule has 36 heavy (non-hydrogen) atoms. The zero-order valence-electron chi connectivity index (χ0n) is 20.7. The Labute approximate surface area is 208 Å². The summed E-state index contributed by atoms with van der Waals surface area (Å²) in [7, 11) is 1.57. The molecule has 0 aliphatic heterocycles. The van der Waals surface area contributed by atoms with Gasteiger partial charge in [0.1, 0.15) is 17.6 Å². The zero-order valence-corrected chi connectivity index (χ0v) is 20.7. The molecule has 0 fully saturated rings. The third-order valence-corrected chi connectivity index (χ3v) is 4.86. The minimum absolute atomic E-state index is 0.312. The molecule has 0 bridgehead atoms. The van der Waals surface area contributed by atoms with Crippen molar-refractivity contribution in [3.05, 3.63) is 65.1 Å². The van der Waals surface area contributed by atoms with E-state index in [2.05, 4.69) is 25.7 Å². The standard InChI is InChI=1S/C25H28N6O5/c1-15-12-16(2)27-25(26-15)31-21(13-17(3)30-31)29-23(33)14-36-24(34)18(4)28-22(32)11-8-19-6-9-20(35-5)10-7-19/h6-13,18H,14H2,1-5H3,(H,28,32)(H,29,33)/b11-8+. The molecule has 0 radical (unpaired) electrons. The molecule has 1 atom stereocenters. The maximum absolute atomic E-state index is 12.4. The van der Waals surface area contributed by atoms with Crippen LogP contribution < -0.4 is 15.4 Å². The Balaban J connectivity index is 1.52. The second-order valence-corrected chi connectivity index (χ2v) is 8.03. The summed E-state index contributed by atoms with van der Waals surface area (Å²) in [4.78, 5) is 45.5. The number of amides is 2. The van der Waals surface area contributed by atoms with Crippen molar-refractivity contribution >= 4 is 29.7 Å². The molecule has 2 heterocycles. The lowest BCUT2D eigenvalue weighted by atomic mass is 10.2. The number of aryl methyl sites for hydroxylation is 3. The van der Waals surface area contributed by atoms with Gasteiger partial charge in [-0.05, 0) is 57.5 Å². The average molecular weight is 493 g/mol. The van der Waals surface area contributed by atoms with Gasteiger partial charge in [-0.1, -0.05) is 12.1 Å². The largest absolute Gasteiger partial charge is 0.497 e. The van der Waals surface area contributed by atoms with Gasteiger partial charge < -0.3 is 20.1 Å². The van der Waals surface area contributed by atoms with Gasteiger partial charge in [0.2, 0.25) is 5.91 Å². The highest BCUT2D eigenvalue weighted by Crippen LogP contribution is 2.15. The van der Waals surface area contributed by atoms with E-state index in [1.54, 1.807) is 50.4 Å². The van der Waals surface area contributed by atoms with Gasteiger partial charge in [0.25, 0.3) is 11.9 Å². The molecule has 3 rings (SSSR count). The molecule has 2 aromatic heterocycles. The summed E-state index contributed by atoms with van der Waals surface area (Å²) in [6.07, 6.45) is 2.90. The van der Waals surface area contributed by atoms with E-state index in [0.29, 0.717) is 23.2 Å². The smallest absolute Gasteiger partial charge is 0.328 e. The summed E-state index contributed by atoms with van der Waals surface area (Å²) in [5, 5.41) is 9.48. The van der Waals surface area contributed by atoms with Crippen LogP contribution in [0.4, 0.5) is 5.82 Å². The third kappa shape index (κ3) is 7.23. The third-order valence-electron chi connectivity index (χ3n) is 4.86. The van der Waals surface area contributed by atoms with Gasteiger partial charge in [0.05, 0.1) is 12.8 Å². The lowest BCUT2D eigenvalue weighted by Crippen LogP contribution is -2.39. The zero-order chi connectivity index (χ0) is 26.2. The molecule has 0 aliphatic carbocycles. The van der Waals surface area contributed by atoms with E-state index < -0.39 is 30.4 Å². The van der Waals surface area contributed by atoms with Crippen molar-refractivity contribution in [3.8, 4) is 11.7 Å². The molecule has 2 amide bonds. The highest BCUT2D eigenvalue weighted by Gasteiger charge is 2.19. The van der Waals surface area contributed by atoms with Crippen molar-refractivity contribution < 1.29 is 23.9 Å². The fourth-order valence-electron chi connectivity index (χ4n) is 3.19. The SMILES string of the molecule is COc1ccc(/C=C/C(=O)NC(C)C(=O)OCC(=O)Nc2cc(C)nn2-c2nc(C)cc(C)n2)cc1. The molecular formula is C25H28N6O5. The van der Waals surface area contributed by atoms with Gasteiger partial charge in [-0.3, -0.25) is 9.59 Å². The van der Waals surface area contributed by atoms with Gasteiger partial charge >= 0.3 is 5.97 Å². The van der Waals surface area contributed by atoms with E-state index in [1.165, 1.54) is 17.7 Å². The summed E-state index contributed by atoms with van der Waals surface area (Å²) in [6, 6.07) is 9.64. The minimum atomic E-state index is -0.956. The van der Waals surface area contributed by atoms with Gasteiger partial charge in [0, 0.05) is 23.5 Å². The summed E-state index contributed by atoms with van der Waals surface area (Å²) in [5.74, 6) is -0.455. The Morgan fingerprint density at radius 2 is 1.69 bits per heavy atom. The van der Waals surface area contributed by atoms with Crippen LogP contribution in [0.5, 0.6) is 5.75 Å². The van der Waals surface area contributed by atoms with Crippen molar-refractivity contribution in [1.82, 2.24) is 25.1 Å². The Hall–Kier alpha value is -4.54. The first-order valence-electron chi connectivity index (χ1n) is 11.1. The highest BCUT2D eigenvalue weighted by molar-refractivity contribution is 5.95. The maximum Gasteiger partial charge on any atom is 0.328 e. The molecule has 0 saturated heterocycles. The topological polar surface area (TPSA) is 137 Å². The van der Waals surface area contributed by atoms with Crippen LogP contribution in [0.15, 0.2) is 42.5 Å². The van der Waals surface area contributed by atoms with Crippen LogP contribution in [-0.4, -0.2) is 57.3 Å². The molecule has 0 saturated carbocycles. The number of hydrogen-bond acceptors (Lipinski definition) is 8. The Morgan fingerprint density at radius 3 is 2.33 bits per heavy atom. The fraction of sp³-hybridized carbons (Fsp3) is 0.280. The quantitative estimate of drug-likeness (QED) is 0.343. The number of hydrogen-bond donors (Lipinski definition) is 2. The number of nitrogens with zero attached hydrogens (tertiary/aromatic N) is 4. The molecule has 3 aromatic rings. The number of rotatable bonds is 9. The second-order valence-electron chi connectivity index (χ2n) is 8.03. The molecule has 2 N–H and O–H groups in total. The van der Waals surface area contributed by atoms with E-state index >= 15 is 0 Å². The number of nitrogens with one attached hydrogen (secondary N) is 2. The number of anilines is 1. The molecule has 0 spiro atoms.